The van der Waals surface area contributed by atoms with Crippen LogP contribution in [0.25, 0.3) is 0 Å². The van der Waals surface area contributed by atoms with Crippen LogP contribution in [0.5, 0.6) is 5.75 Å². The maximum Gasteiger partial charge on any atom is 0.260 e. The molecule has 1 amide bonds. The van der Waals surface area contributed by atoms with E-state index in [4.69, 9.17) is 27.9 Å². The Labute approximate surface area is 144 Å². The first kappa shape index (κ1) is 17.6. The molecule has 3 nitrogen and oxygen atoms in total. The van der Waals surface area contributed by atoms with Gasteiger partial charge < -0.3 is 10.1 Å². The Morgan fingerprint density at radius 2 is 1.91 bits per heavy atom. The molecule has 0 saturated heterocycles. The van der Waals surface area contributed by atoms with Crippen molar-refractivity contribution in [1.29, 1.82) is 0 Å². The van der Waals surface area contributed by atoms with Crippen molar-refractivity contribution in [1.82, 2.24) is 5.32 Å². The van der Waals surface area contributed by atoms with Gasteiger partial charge in [0.15, 0.2) is 6.10 Å². The SMILES string of the molecule is C[C@@H](Oc1ccc(Cl)cc1Cl)C(=O)NCCc1ccc(F)cc1. The number of amides is 1. The van der Waals surface area contributed by atoms with Gasteiger partial charge in [0.05, 0.1) is 5.02 Å². The molecule has 2 aromatic carbocycles. The van der Waals surface area contributed by atoms with Crippen molar-refractivity contribution in [3.05, 3.63) is 63.9 Å². The van der Waals surface area contributed by atoms with Gasteiger partial charge in [0.25, 0.3) is 5.91 Å². The first-order valence-corrected chi connectivity index (χ1v) is 7.85. The quantitative estimate of drug-likeness (QED) is 0.840. The van der Waals surface area contributed by atoms with Crippen molar-refractivity contribution in [3.63, 3.8) is 0 Å². The average molecular weight is 356 g/mol. The van der Waals surface area contributed by atoms with E-state index >= 15 is 0 Å². The van der Waals surface area contributed by atoms with Gasteiger partial charge in [-0.25, -0.2) is 4.39 Å². The molecule has 0 aliphatic carbocycles. The van der Waals surface area contributed by atoms with E-state index < -0.39 is 6.10 Å². The molecule has 0 aromatic heterocycles. The molecule has 0 fully saturated rings. The summed E-state index contributed by atoms with van der Waals surface area (Å²) in [6.45, 7) is 2.07. The number of carbonyl (C=O) groups excluding carboxylic acids is 1. The number of hydrogen-bond acceptors (Lipinski definition) is 2. The fourth-order valence-corrected chi connectivity index (χ4v) is 2.39. The lowest BCUT2D eigenvalue weighted by Gasteiger charge is -2.15. The summed E-state index contributed by atoms with van der Waals surface area (Å²) in [6, 6.07) is 11.0. The van der Waals surface area contributed by atoms with Gasteiger partial charge in [0.2, 0.25) is 0 Å². The van der Waals surface area contributed by atoms with Gasteiger partial charge in [-0.1, -0.05) is 35.3 Å². The number of rotatable bonds is 6. The third-order valence-electron chi connectivity index (χ3n) is 3.19. The molecule has 0 aliphatic heterocycles. The molecule has 0 unspecified atom stereocenters. The monoisotopic (exact) mass is 355 g/mol. The number of carbonyl (C=O) groups is 1. The van der Waals surface area contributed by atoms with Gasteiger partial charge in [0, 0.05) is 11.6 Å². The fourth-order valence-electron chi connectivity index (χ4n) is 1.94. The smallest absolute Gasteiger partial charge is 0.260 e. The van der Waals surface area contributed by atoms with Crippen LogP contribution in [0.1, 0.15) is 12.5 Å². The molecule has 1 atom stereocenters. The van der Waals surface area contributed by atoms with E-state index in [1.807, 2.05) is 0 Å². The van der Waals surface area contributed by atoms with Crippen LogP contribution in [-0.2, 0) is 11.2 Å². The zero-order valence-corrected chi connectivity index (χ0v) is 14.0. The molecule has 0 heterocycles. The van der Waals surface area contributed by atoms with Gasteiger partial charge in [-0.3, -0.25) is 4.79 Å². The number of hydrogen-bond donors (Lipinski definition) is 1. The lowest BCUT2D eigenvalue weighted by molar-refractivity contribution is -0.127. The Kier molecular flexibility index (Phi) is 6.25. The molecule has 0 radical (unpaired) electrons. The molecule has 23 heavy (non-hydrogen) atoms. The largest absolute Gasteiger partial charge is 0.479 e. The summed E-state index contributed by atoms with van der Waals surface area (Å²) in [5.41, 5.74) is 0.945. The lowest BCUT2D eigenvalue weighted by Crippen LogP contribution is -2.37. The third-order valence-corrected chi connectivity index (χ3v) is 3.72. The third kappa shape index (κ3) is 5.41. The summed E-state index contributed by atoms with van der Waals surface area (Å²) in [5, 5.41) is 3.62. The van der Waals surface area contributed by atoms with Gasteiger partial charge in [-0.05, 0) is 49.2 Å². The summed E-state index contributed by atoms with van der Waals surface area (Å²) in [6.07, 6.45) is -0.0811. The summed E-state index contributed by atoms with van der Waals surface area (Å²) in [4.78, 5) is 12.0. The van der Waals surface area contributed by atoms with E-state index in [1.165, 1.54) is 12.1 Å². The second-order valence-electron chi connectivity index (χ2n) is 5.00. The molecule has 0 bridgehead atoms. The van der Waals surface area contributed by atoms with Crippen molar-refractivity contribution in [2.24, 2.45) is 0 Å². The second kappa shape index (κ2) is 8.18. The Morgan fingerprint density at radius 1 is 1.22 bits per heavy atom. The topological polar surface area (TPSA) is 38.3 Å². The number of halogens is 3. The van der Waals surface area contributed by atoms with Gasteiger partial charge in [0.1, 0.15) is 11.6 Å². The van der Waals surface area contributed by atoms with Crippen LogP contribution in [0.3, 0.4) is 0 Å². The first-order chi connectivity index (χ1) is 11.0. The molecule has 6 heteroatoms. The molecular formula is C17H16Cl2FNO2. The van der Waals surface area contributed by atoms with Crippen LogP contribution in [0.15, 0.2) is 42.5 Å². The minimum Gasteiger partial charge on any atom is -0.479 e. The summed E-state index contributed by atoms with van der Waals surface area (Å²) >= 11 is 11.8. The normalized spacial score (nSPS) is 11.8. The second-order valence-corrected chi connectivity index (χ2v) is 5.85. The minimum absolute atomic E-state index is 0.252. The van der Waals surface area contributed by atoms with E-state index in [-0.39, 0.29) is 11.7 Å². The van der Waals surface area contributed by atoms with E-state index in [0.29, 0.717) is 28.8 Å². The van der Waals surface area contributed by atoms with Crippen molar-refractivity contribution in [3.8, 4) is 5.75 Å². The Hall–Kier alpha value is -1.78. The van der Waals surface area contributed by atoms with Crippen molar-refractivity contribution in [2.45, 2.75) is 19.4 Å². The predicted molar refractivity (Wildman–Crippen MR) is 89.7 cm³/mol. The standard InChI is InChI=1S/C17H16Cl2FNO2/c1-11(23-16-7-4-13(18)10-15(16)19)17(22)21-9-8-12-2-5-14(20)6-3-12/h2-7,10-11H,8-9H2,1H3,(H,21,22)/t11-/m1/s1. The molecule has 122 valence electrons. The zero-order chi connectivity index (χ0) is 16.8. The molecule has 0 spiro atoms. The highest BCUT2D eigenvalue weighted by molar-refractivity contribution is 6.35. The average Bonchev–Trinajstić information content (AvgIpc) is 2.51. The van der Waals surface area contributed by atoms with Crippen LogP contribution < -0.4 is 10.1 Å². The molecule has 2 aromatic rings. The molecule has 2 rings (SSSR count). The Morgan fingerprint density at radius 3 is 2.57 bits per heavy atom. The number of nitrogens with one attached hydrogen (secondary N) is 1. The van der Waals surface area contributed by atoms with E-state index in [0.717, 1.165) is 5.56 Å². The van der Waals surface area contributed by atoms with E-state index in [9.17, 15) is 9.18 Å². The van der Waals surface area contributed by atoms with Gasteiger partial charge in [-0.2, -0.15) is 0 Å². The highest BCUT2D eigenvalue weighted by Gasteiger charge is 2.15. The summed E-state index contributed by atoms with van der Waals surface area (Å²) < 4.78 is 18.3. The zero-order valence-electron chi connectivity index (χ0n) is 12.5. The molecular weight excluding hydrogens is 340 g/mol. The lowest BCUT2D eigenvalue weighted by atomic mass is 10.1. The van der Waals surface area contributed by atoms with Crippen LogP contribution in [-0.4, -0.2) is 18.6 Å². The first-order valence-electron chi connectivity index (χ1n) is 7.09. The van der Waals surface area contributed by atoms with Gasteiger partial charge >= 0.3 is 0 Å². The molecule has 0 aliphatic rings. The summed E-state index contributed by atoms with van der Waals surface area (Å²) in [5.74, 6) is -0.130. The van der Waals surface area contributed by atoms with Crippen LogP contribution >= 0.6 is 23.2 Å². The molecule has 1 N–H and O–H groups in total. The Bertz CT molecular complexity index is 677. The maximum absolute atomic E-state index is 12.8. The highest BCUT2D eigenvalue weighted by Crippen LogP contribution is 2.28. The van der Waals surface area contributed by atoms with E-state index in [2.05, 4.69) is 5.32 Å². The van der Waals surface area contributed by atoms with Gasteiger partial charge in [-0.15, -0.1) is 0 Å². The fraction of sp³-hybridized carbons (Fsp3) is 0.235. The maximum atomic E-state index is 12.8. The summed E-state index contributed by atoms with van der Waals surface area (Å²) in [7, 11) is 0. The number of ether oxygens (including phenoxy) is 1. The van der Waals surface area contributed by atoms with Crippen LogP contribution in [0.2, 0.25) is 10.0 Å². The van der Waals surface area contributed by atoms with Crippen LogP contribution in [0, 0.1) is 5.82 Å². The highest BCUT2D eigenvalue weighted by atomic mass is 35.5. The predicted octanol–water partition coefficient (Wildman–Crippen LogP) is 4.26. The number of benzene rings is 2. The van der Waals surface area contributed by atoms with Crippen LogP contribution in [0.4, 0.5) is 4.39 Å². The Balaban J connectivity index is 1.81. The molecule has 0 saturated carbocycles. The minimum atomic E-state index is -0.693. The van der Waals surface area contributed by atoms with Crippen molar-refractivity contribution >= 4 is 29.1 Å². The van der Waals surface area contributed by atoms with Crippen molar-refractivity contribution in [2.75, 3.05) is 6.54 Å². The van der Waals surface area contributed by atoms with E-state index in [1.54, 1.807) is 37.3 Å². The van der Waals surface area contributed by atoms with Crippen molar-refractivity contribution < 1.29 is 13.9 Å².